The van der Waals surface area contributed by atoms with Gasteiger partial charge in [0.15, 0.2) is 6.29 Å². The first-order valence-electron chi connectivity index (χ1n) is 5.79. The lowest BCUT2D eigenvalue weighted by Crippen LogP contribution is -1.97. The molecule has 0 bridgehead atoms. The smallest absolute Gasteiger partial charge is 0.154 e. The number of aldehydes is 1. The first-order valence-corrected chi connectivity index (χ1v) is 5.79. The van der Waals surface area contributed by atoms with Crippen molar-refractivity contribution in [2.45, 2.75) is 0 Å². The van der Waals surface area contributed by atoms with Crippen molar-refractivity contribution in [3.8, 4) is 0 Å². The SMILES string of the molecule is CNc1ccc2cc3ccccc3nc2c1C=O. The molecule has 0 unspecified atom stereocenters. The average Bonchev–Trinajstić information content (AvgIpc) is 2.43. The Morgan fingerprint density at radius 2 is 1.94 bits per heavy atom. The van der Waals surface area contributed by atoms with Crippen LogP contribution in [0.4, 0.5) is 5.69 Å². The Labute approximate surface area is 104 Å². The Kier molecular flexibility index (Phi) is 2.45. The van der Waals surface area contributed by atoms with Crippen LogP contribution in [0.15, 0.2) is 42.5 Å². The van der Waals surface area contributed by atoms with Gasteiger partial charge in [0.1, 0.15) is 0 Å². The van der Waals surface area contributed by atoms with Gasteiger partial charge in [-0.2, -0.15) is 0 Å². The van der Waals surface area contributed by atoms with Crippen molar-refractivity contribution >= 4 is 33.8 Å². The van der Waals surface area contributed by atoms with Gasteiger partial charge in [-0.05, 0) is 18.2 Å². The second-order valence-corrected chi connectivity index (χ2v) is 4.15. The van der Waals surface area contributed by atoms with Gasteiger partial charge in [0.25, 0.3) is 0 Å². The third kappa shape index (κ3) is 1.52. The molecule has 0 atom stereocenters. The maximum atomic E-state index is 11.3. The van der Waals surface area contributed by atoms with Crippen LogP contribution in [0.3, 0.4) is 0 Å². The van der Waals surface area contributed by atoms with Crippen molar-refractivity contribution in [2.24, 2.45) is 0 Å². The van der Waals surface area contributed by atoms with E-state index < -0.39 is 0 Å². The highest BCUT2D eigenvalue weighted by atomic mass is 16.1. The molecular formula is C15H12N2O. The van der Waals surface area contributed by atoms with E-state index in [2.05, 4.69) is 16.4 Å². The zero-order valence-electron chi connectivity index (χ0n) is 9.97. The molecule has 1 heterocycles. The molecule has 0 saturated carbocycles. The molecule has 0 fully saturated rings. The number of hydrogen-bond donors (Lipinski definition) is 1. The number of carbonyl (C=O) groups is 1. The molecule has 18 heavy (non-hydrogen) atoms. The number of carbonyl (C=O) groups excluding carboxylic acids is 1. The Morgan fingerprint density at radius 1 is 1.11 bits per heavy atom. The molecule has 3 heteroatoms. The number of aromatic nitrogens is 1. The van der Waals surface area contributed by atoms with Crippen molar-refractivity contribution in [1.29, 1.82) is 0 Å². The highest BCUT2D eigenvalue weighted by Crippen LogP contribution is 2.26. The third-order valence-corrected chi connectivity index (χ3v) is 3.12. The number of para-hydroxylation sites is 1. The lowest BCUT2D eigenvalue weighted by Gasteiger charge is -2.08. The summed E-state index contributed by atoms with van der Waals surface area (Å²) in [6, 6.07) is 13.9. The van der Waals surface area contributed by atoms with Gasteiger partial charge in [-0.3, -0.25) is 4.79 Å². The molecule has 0 aliphatic heterocycles. The summed E-state index contributed by atoms with van der Waals surface area (Å²) in [5, 5.41) is 5.08. The van der Waals surface area contributed by atoms with Crippen LogP contribution < -0.4 is 5.32 Å². The predicted molar refractivity (Wildman–Crippen MR) is 74.2 cm³/mol. The van der Waals surface area contributed by atoms with Crippen LogP contribution in [-0.2, 0) is 0 Å². The molecule has 3 aromatic rings. The van der Waals surface area contributed by atoms with E-state index in [1.807, 2.05) is 36.4 Å². The minimum absolute atomic E-state index is 0.612. The zero-order valence-corrected chi connectivity index (χ0v) is 9.97. The molecule has 0 amide bonds. The normalized spacial score (nSPS) is 10.7. The summed E-state index contributed by atoms with van der Waals surface area (Å²) < 4.78 is 0. The fraction of sp³-hybridized carbons (Fsp3) is 0.0667. The van der Waals surface area contributed by atoms with Gasteiger partial charge in [0.2, 0.25) is 0 Å². The zero-order chi connectivity index (χ0) is 12.5. The fourth-order valence-corrected chi connectivity index (χ4v) is 2.20. The van der Waals surface area contributed by atoms with Crippen molar-refractivity contribution in [3.63, 3.8) is 0 Å². The maximum absolute atomic E-state index is 11.3. The number of nitrogens with one attached hydrogen (secondary N) is 1. The second-order valence-electron chi connectivity index (χ2n) is 4.15. The number of hydrogen-bond acceptors (Lipinski definition) is 3. The topological polar surface area (TPSA) is 42.0 Å². The summed E-state index contributed by atoms with van der Waals surface area (Å²) in [5.41, 5.74) is 3.07. The minimum atomic E-state index is 0.612. The lowest BCUT2D eigenvalue weighted by molar-refractivity contribution is 0.112. The van der Waals surface area contributed by atoms with Crippen molar-refractivity contribution in [3.05, 3.63) is 48.0 Å². The van der Waals surface area contributed by atoms with Gasteiger partial charge in [-0.1, -0.05) is 24.3 Å². The molecule has 0 saturated heterocycles. The van der Waals surface area contributed by atoms with Gasteiger partial charge < -0.3 is 5.32 Å². The molecule has 2 aromatic carbocycles. The third-order valence-electron chi connectivity index (χ3n) is 3.12. The summed E-state index contributed by atoms with van der Waals surface area (Å²) in [6.45, 7) is 0. The highest BCUT2D eigenvalue weighted by Gasteiger charge is 2.08. The maximum Gasteiger partial charge on any atom is 0.154 e. The van der Waals surface area contributed by atoms with E-state index in [-0.39, 0.29) is 0 Å². The van der Waals surface area contributed by atoms with Crippen LogP contribution in [-0.4, -0.2) is 18.3 Å². The Balaban J connectivity index is 2.46. The number of anilines is 1. The van der Waals surface area contributed by atoms with Crippen LogP contribution in [0, 0.1) is 0 Å². The van der Waals surface area contributed by atoms with E-state index in [0.717, 1.165) is 33.8 Å². The number of fused-ring (bicyclic) bond motifs is 2. The first-order chi connectivity index (χ1) is 8.83. The van der Waals surface area contributed by atoms with Crippen LogP contribution in [0.25, 0.3) is 21.8 Å². The van der Waals surface area contributed by atoms with Crippen LogP contribution >= 0.6 is 0 Å². The Morgan fingerprint density at radius 3 is 2.72 bits per heavy atom. The molecule has 0 radical (unpaired) electrons. The number of rotatable bonds is 2. The molecule has 1 aromatic heterocycles. The number of benzene rings is 2. The van der Waals surface area contributed by atoms with Gasteiger partial charge in [-0.25, -0.2) is 4.98 Å². The molecular weight excluding hydrogens is 224 g/mol. The molecule has 0 aliphatic rings. The van der Waals surface area contributed by atoms with E-state index in [4.69, 9.17) is 0 Å². The van der Waals surface area contributed by atoms with E-state index in [1.165, 1.54) is 0 Å². The summed E-state index contributed by atoms with van der Waals surface area (Å²) in [6.07, 6.45) is 0.857. The number of nitrogens with zero attached hydrogens (tertiary/aromatic N) is 1. The van der Waals surface area contributed by atoms with Gasteiger partial charge >= 0.3 is 0 Å². The minimum Gasteiger partial charge on any atom is -0.387 e. The summed E-state index contributed by atoms with van der Waals surface area (Å²) in [5.74, 6) is 0. The molecule has 0 spiro atoms. The van der Waals surface area contributed by atoms with Crippen molar-refractivity contribution in [1.82, 2.24) is 4.98 Å². The lowest BCUT2D eigenvalue weighted by atomic mass is 10.1. The predicted octanol–water partition coefficient (Wildman–Crippen LogP) is 3.24. The highest BCUT2D eigenvalue weighted by molar-refractivity contribution is 6.04. The molecule has 0 aliphatic carbocycles. The second kappa shape index (κ2) is 4.11. The summed E-state index contributed by atoms with van der Waals surface area (Å²) >= 11 is 0. The molecule has 1 N–H and O–H groups in total. The molecule has 3 nitrogen and oxygen atoms in total. The van der Waals surface area contributed by atoms with Crippen molar-refractivity contribution < 1.29 is 4.79 Å². The van der Waals surface area contributed by atoms with Crippen LogP contribution in [0.1, 0.15) is 10.4 Å². The summed E-state index contributed by atoms with van der Waals surface area (Å²) in [4.78, 5) is 15.8. The first kappa shape index (κ1) is 10.7. The monoisotopic (exact) mass is 236 g/mol. The largest absolute Gasteiger partial charge is 0.387 e. The van der Waals surface area contributed by atoms with Gasteiger partial charge in [-0.15, -0.1) is 0 Å². The van der Waals surface area contributed by atoms with Gasteiger partial charge in [0, 0.05) is 23.5 Å². The van der Waals surface area contributed by atoms with E-state index >= 15 is 0 Å². The van der Waals surface area contributed by atoms with E-state index in [0.29, 0.717) is 5.56 Å². The van der Waals surface area contributed by atoms with E-state index in [1.54, 1.807) is 7.05 Å². The fourth-order valence-electron chi connectivity index (χ4n) is 2.20. The van der Waals surface area contributed by atoms with Crippen LogP contribution in [0.2, 0.25) is 0 Å². The standard InChI is InChI=1S/C15H12N2O/c1-16-14-7-6-11-8-10-4-2-3-5-13(10)17-15(11)12(14)9-18/h2-9,16H,1H3. The Hall–Kier alpha value is -2.42. The Bertz CT molecular complexity index is 750. The van der Waals surface area contributed by atoms with Crippen molar-refractivity contribution in [2.75, 3.05) is 12.4 Å². The van der Waals surface area contributed by atoms with Crippen LogP contribution in [0.5, 0.6) is 0 Å². The van der Waals surface area contributed by atoms with E-state index in [9.17, 15) is 4.79 Å². The average molecular weight is 236 g/mol. The van der Waals surface area contributed by atoms with Gasteiger partial charge in [0.05, 0.1) is 16.6 Å². The summed E-state index contributed by atoms with van der Waals surface area (Å²) in [7, 11) is 1.80. The molecule has 3 rings (SSSR count). The quantitative estimate of drug-likeness (QED) is 0.548. The molecule has 88 valence electrons. The number of pyridine rings is 1.